The highest BCUT2D eigenvalue weighted by Crippen LogP contribution is 2.20. The molecule has 100 valence electrons. The lowest BCUT2D eigenvalue weighted by Gasteiger charge is -2.06. The number of Topliss-reactive ketones (excluding diaryl/α,β-unsaturated/α-hetero) is 1. The topological polar surface area (TPSA) is 26.3 Å². The molecule has 0 aliphatic rings. The first-order valence-electron chi connectivity index (χ1n) is 6.87. The summed E-state index contributed by atoms with van der Waals surface area (Å²) in [4.78, 5) is 12.0. The minimum absolute atomic E-state index is 0.247. The van der Waals surface area contributed by atoms with Crippen LogP contribution >= 0.6 is 0 Å². The van der Waals surface area contributed by atoms with Gasteiger partial charge in [0.1, 0.15) is 5.75 Å². The fraction of sp³-hybridized carbons (Fsp3) is 0.562. The van der Waals surface area contributed by atoms with Crippen LogP contribution in [0.5, 0.6) is 5.75 Å². The Labute approximate surface area is 110 Å². The first kappa shape index (κ1) is 14.7. The maximum atomic E-state index is 12.0. The molecule has 0 amide bonds. The normalized spacial score (nSPS) is 10.4. The van der Waals surface area contributed by atoms with Crippen molar-refractivity contribution in [3.63, 3.8) is 0 Å². The molecule has 0 aliphatic carbocycles. The van der Waals surface area contributed by atoms with Gasteiger partial charge in [0.05, 0.1) is 7.11 Å². The van der Waals surface area contributed by atoms with E-state index in [-0.39, 0.29) is 5.78 Å². The molecule has 1 aromatic rings. The van der Waals surface area contributed by atoms with E-state index in [4.69, 9.17) is 4.74 Å². The van der Waals surface area contributed by atoms with Gasteiger partial charge < -0.3 is 4.74 Å². The molecule has 0 bridgehead atoms. The van der Waals surface area contributed by atoms with Gasteiger partial charge in [-0.05, 0) is 37.1 Å². The third-order valence-corrected chi connectivity index (χ3v) is 3.22. The molecular weight excluding hydrogens is 224 g/mol. The van der Waals surface area contributed by atoms with Crippen molar-refractivity contribution in [2.45, 2.75) is 52.4 Å². The number of aryl methyl sites for hydroxylation is 1. The van der Waals surface area contributed by atoms with E-state index in [0.717, 1.165) is 29.7 Å². The van der Waals surface area contributed by atoms with E-state index in [2.05, 4.69) is 6.92 Å². The van der Waals surface area contributed by atoms with Crippen LogP contribution in [-0.2, 0) is 0 Å². The molecule has 1 rings (SSSR count). The van der Waals surface area contributed by atoms with Crippen molar-refractivity contribution in [3.8, 4) is 5.75 Å². The monoisotopic (exact) mass is 248 g/mol. The van der Waals surface area contributed by atoms with Gasteiger partial charge in [-0.2, -0.15) is 0 Å². The second-order valence-corrected chi connectivity index (χ2v) is 4.77. The molecule has 0 N–H and O–H groups in total. The summed E-state index contributed by atoms with van der Waals surface area (Å²) in [5, 5.41) is 0. The van der Waals surface area contributed by atoms with Crippen molar-refractivity contribution in [2.24, 2.45) is 0 Å². The van der Waals surface area contributed by atoms with Gasteiger partial charge in [0.2, 0.25) is 0 Å². The van der Waals surface area contributed by atoms with Gasteiger partial charge in [-0.15, -0.1) is 0 Å². The summed E-state index contributed by atoms with van der Waals surface area (Å²) in [5.74, 6) is 1.09. The Balaban J connectivity index is 2.44. The van der Waals surface area contributed by atoms with Crippen LogP contribution in [0.2, 0.25) is 0 Å². The molecule has 0 aromatic heterocycles. The van der Waals surface area contributed by atoms with Crippen LogP contribution in [0.15, 0.2) is 18.2 Å². The lowest BCUT2D eigenvalue weighted by atomic mass is 10.0. The Morgan fingerprint density at radius 3 is 2.50 bits per heavy atom. The predicted octanol–water partition coefficient (Wildman–Crippen LogP) is 4.55. The highest BCUT2D eigenvalue weighted by Gasteiger charge is 2.07. The Morgan fingerprint density at radius 2 is 1.89 bits per heavy atom. The third-order valence-electron chi connectivity index (χ3n) is 3.22. The highest BCUT2D eigenvalue weighted by atomic mass is 16.5. The van der Waals surface area contributed by atoms with E-state index >= 15 is 0 Å². The number of hydrogen-bond acceptors (Lipinski definition) is 2. The maximum absolute atomic E-state index is 12.0. The van der Waals surface area contributed by atoms with Crippen molar-refractivity contribution in [1.29, 1.82) is 0 Å². The zero-order valence-corrected chi connectivity index (χ0v) is 11.8. The summed E-state index contributed by atoms with van der Waals surface area (Å²) in [6, 6.07) is 5.66. The van der Waals surface area contributed by atoms with Crippen LogP contribution in [0.3, 0.4) is 0 Å². The molecule has 0 saturated carbocycles. The lowest BCUT2D eigenvalue weighted by Crippen LogP contribution is -2.00. The van der Waals surface area contributed by atoms with E-state index in [9.17, 15) is 4.79 Å². The standard InChI is InChI=1S/C16H24O2/c1-4-5-6-7-8-9-15(17)14-10-11-16(18-3)13(2)12-14/h10-12H,4-9H2,1-3H3. The van der Waals surface area contributed by atoms with Crippen molar-refractivity contribution < 1.29 is 9.53 Å². The maximum Gasteiger partial charge on any atom is 0.162 e. The van der Waals surface area contributed by atoms with Gasteiger partial charge in [-0.25, -0.2) is 0 Å². The number of carbonyl (C=O) groups excluding carboxylic acids is 1. The first-order valence-corrected chi connectivity index (χ1v) is 6.87. The largest absolute Gasteiger partial charge is 0.496 e. The summed E-state index contributed by atoms with van der Waals surface area (Å²) < 4.78 is 5.19. The Kier molecular flexibility index (Phi) is 6.48. The molecule has 2 nitrogen and oxygen atoms in total. The molecule has 0 saturated heterocycles. The molecule has 0 unspecified atom stereocenters. The lowest BCUT2D eigenvalue weighted by molar-refractivity contribution is 0.0979. The number of unbranched alkanes of at least 4 members (excludes halogenated alkanes) is 4. The molecule has 0 heterocycles. The summed E-state index contributed by atoms with van der Waals surface area (Å²) in [6.45, 7) is 4.17. The van der Waals surface area contributed by atoms with E-state index in [0.29, 0.717) is 6.42 Å². The minimum atomic E-state index is 0.247. The van der Waals surface area contributed by atoms with Crippen LogP contribution in [0.25, 0.3) is 0 Å². The predicted molar refractivity (Wildman–Crippen MR) is 75.4 cm³/mol. The van der Waals surface area contributed by atoms with Gasteiger partial charge >= 0.3 is 0 Å². The summed E-state index contributed by atoms with van der Waals surface area (Å²) in [7, 11) is 1.65. The number of ether oxygens (including phenoxy) is 1. The van der Waals surface area contributed by atoms with Crippen LogP contribution in [-0.4, -0.2) is 12.9 Å². The molecule has 0 atom stereocenters. The number of rotatable bonds is 8. The fourth-order valence-electron chi connectivity index (χ4n) is 2.09. The number of hydrogen-bond donors (Lipinski definition) is 0. The summed E-state index contributed by atoms with van der Waals surface area (Å²) in [5.41, 5.74) is 1.83. The van der Waals surface area contributed by atoms with Crippen LogP contribution in [0.4, 0.5) is 0 Å². The average molecular weight is 248 g/mol. The SMILES string of the molecule is CCCCCCCC(=O)c1ccc(OC)c(C)c1. The van der Waals surface area contributed by atoms with E-state index in [1.54, 1.807) is 7.11 Å². The molecule has 0 fully saturated rings. The van der Waals surface area contributed by atoms with E-state index in [1.807, 2.05) is 25.1 Å². The number of ketones is 1. The van der Waals surface area contributed by atoms with Crippen molar-refractivity contribution in [1.82, 2.24) is 0 Å². The van der Waals surface area contributed by atoms with Crippen LogP contribution < -0.4 is 4.74 Å². The second-order valence-electron chi connectivity index (χ2n) is 4.77. The molecule has 18 heavy (non-hydrogen) atoms. The number of methoxy groups -OCH3 is 1. The smallest absolute Gasteiger partial charge is 0.162 e. The van der Waals surface area contributed by atoms with Gasteiger partial charge in [-0.1, -0.05) is 32.6 Å². The van der Waals surface area contributed by atoms with Crippen molar-refractivity contribution in [3.05, 3.63) is 29.3 Å². The first-order chi connectivity index (χ1) is 8.69. The highest BCUT2D eigenvalue weighted by molar-refractivity contribution is 5.96. The van der Waals surface area contributed by atoms with E-state index in [1.165, 1.54) is 19.3 Å². The molecule has 0 radical (unpaired) electrons. The molecule has 2 heteroatoms. The Bertz CT molecular complexity index is 383. The van der Waals surface area contributed by atoms with Gasteiger partial charge in [0.25, 0.3) is 0 Å². The molecular formula is C16H24O2. The quantitative estimate of drug-likeness (QED) is 0.498. The zero-order chi connectivity index (χ0) is 13.4. The van der Waals surface area contributed by atoms with Gasteiger partial charge in [0, 0.05) is 12.0 Å². The summed E-state index contributed by atoms with van der Waals surface area (Å²) in [6.07, 6.45) is 6.58. The number of benzene rings is 1. The zero-order valence-electron chi connectivity index (χ0n) is 11.8. The Morgan fingerprint density at radius 1 is 1.17 bits per heavy atom. The second kappa shape index (κ2) is 7.91. The van der Waals surface area contributed by atoms with Gasteiger partial charge in [0.15, 0.2) is 5.78 Å². The Hall–Kier alpha value is -1.31. The van der Waals surface area contributed by atoms with Crippen molar-refractivity contribution >= 4 is 5.78 Å². The van der Waals surface area contributed by atoms with E-state index < -0.39 is 0 Å². The van der Waals surface area contributed by atoms with Crippen molar-refractivity contribution in [2.75, 3.05) is 7.11 Å². The third kappa shape index (κ3) is 4.52. The minimum Gasteiger partial charge on any atom is -0.496 e. The number of carbonyl (C=O) groups is 1. The fourth-order valence-corrected chi connectivity index (χ4v) is 2.09. The molecule has 0 aliphatic heterocycles. The molecule has 1 aromatic carbocycles. The average Bonchev–Trinajstić information content (AvgIpc) is 2.38. The van der Waals surface area contributed by atoms with Crippen LogP contribution in [0, 0.1) is 6.92 Å². The van der Waals surface area contributed by atoms with Crippen LogP contribution in [0.1, 0.15) is 61.4 Å². The summed E-state index contributed by atoms with van der Waals surface area (Å²) >= 11 is 0. The molecule has 0 spiro atoms. The van der Waals surface area contributed by atoms with Gasteiger partial charge in [-0.3, -0.25) is 4.79 Å².